The smallest absolute Gasteiger partial charge is 0.268 e. The molecule has 0 saturated heterocycles. The van der Waals surface area contributed by atoms with Crippen molar-refractivity contribution in [2.45, 2.75) is 13.3 Å². The van der Waals surface area contributed by atoms with Crippen molar-refractivity contribution in [3.63, 3.8) is 0 Å². The van der Waals surface area contributed by atoms with Crippen LogP contribution in [0, 0.1) is 12.7 Å². The van der Waals surface area contributed by atoms with E-state index in [9.17, 15) is 9.18 Å². The minimum Gasteiger partial charge on any atom is -0.493 e. The average molecular weight is 356 g/mol. The molecule has 2 aromatic carbocycles. The number of aromatic amines is 1. The topological polar surface area (TPSA) is 63.3 Å². The maximum Gasteiger partial charge on any atom is 0.268 e. The number of methoxy groups -OCH3 is 2. The molecule has 0 fully saturated rings. The molecule has 0 bridgehead atoms. The van der Waals surface area contributed by atoms with Gasteiger partial charge in [-0.3, -0.25) is 4.79 Å². The van der Waals surface area contributed by atoms with Crippen LogP contribution in [0.25, 0.3) is 10.9 Å². The lowest BCUT2D eigenvalue weighted by atomic mass is 10.1. The Kier molecular flexibility index (Phi) is 5.11. The highest BCUT2D eigenvalue weighted by Crippen LogP contribution is 2.27. The summed E-state index contributed by atoms with van der Waals surface area (Å²) in [5.74, 6) is 0.797. The summed E-state index contributed by atoms with van der Waals surface area (Å²) in [5.41, 5.74) is 2.97. The van der Waals surface area contributed by atoms with E-state index in [1.807, 2.05) is 25.1 Å². The minimum absolute atomic E-state index is 0.209. The highest BCUT2D eigenvalue weighted by Gasteiger charge is 2.15. The summed E-state index contributed by atoms with van der Waals surface area (Å²) >= 11 is 0. The number of carbonyl (C=O) groups is 1. The number of H-pyrrole nitrogens is 1. The van der Waals surface area contributed by atoms with Crippen molar-refractivity contribution >= 4 is 16.8 Å². The number of aromatic nitrogens is 1. The van der Waals surface area contributed by atoms with Crippen molar-refractivity contribution in [1.82, 2.24) is 10.3 Å². The highest BCUT2D eigenvalue weighted by atomic mass is 19.1. The van der Waals surface area contributed by atoms with Crippen LogP contribution < -0.4 is 14.8 Å². The molecule has 0 aliphatic heterocycles. The lowest BCUT2D eigenvalue weighted by Gasteiger charge is -2.10. The fourth-order valence-electron chi connectivity index (χ4n) is 2.97. The summed E-state index contributed by atoms with van der Waals surface area (Å²) in [6, 6.07) is 10.1. The number of fused-ring (bicyclic) bond motifs is 1. The van der Waals surface area contributed by atoms with Crippen LogP contribution in [-0.2, 0) is 6.42 Å². The van der Waals surface area contributed by atoms with Gasteiger partial charge in [-0.2, -0.15) is 0 Å². The zero-order chi connectivity index (χ0) is 18.7. The van der Waals surface area contributed by atoms with E-state index in [1.165, 1.54) is 12.1 Å². The molecule has 1 amide bonds. The van der Waals surface area contributed by atoms with Gasteiger partial charge in [-0.05, 0) is 54.8 Å². The number of aryl methyl sites for hydroxylation is 1. The van der Waals surface area contributed by atoms with Gasteiger partial charge in [0.2, 0.25) is 0 Å². The first-order chi connectivity index (χ1) is 12.5. The van der Waals surface area contributed by atoms with Crippen LogP contribution in [0.1, 0.15) is 21.6 Å². The molecule has 0 unspecified atom stereocenters. The van der Waals surface area contributed by atoms with E-state index in [4.69, 9.17) is 9.47 Å². The zero-order valence-corrected chi connectivity index (χ0v) is 15.0. The van der Waals surface area contributed by atoms with E-state index in [1.54, 1.807) is 20.3 Å². The number of hydrogen-bond donors (Lipinski definition) is 2. The van der Waals surface area contributed by atoms with Crippen molar-refractivity contribution < 1.29 is 18.7 Å². The molecule has 0 radical (unpaired) electrons. The van der Waals surface area contributed by atoms with Gasteiger partial charge in [0.25, 0.3) is 5.91 Å². The quantitative estimate of drug-likeness (QED) is 0.709. The third-order valence-electron chi connectivity index (χ3n) is 4.39. The molecule has 0 aliphatic carbocycles. The van der Waals surface area contributed by atoms with Gasteiger partial charge >= 0.3 is 0 Å². The molecule has 6 heteroatoms. The molecule has 0 spiro atoms. The van der Waals surface area contributed by atoms with Gasteiger partial charge in [0.05, 0.1) is 14.2 Å². The zero-order valence-electron chi connectivity index (χ0n) is 15.0. The van der Waals surface area contributed by atoms with Crippen LogP contribution in [0.5, 0.6) is 11.5 Å². The Labute approximate surface area is 151 Å². The van der Waals surface area contributed by atoms with Crippen LogP contribution in [0.2, 0.25) is 0 Å². The van der Waals surface area contributed by atoms with Crippen molar-refractivity contribution in [2.24, 2.45) is 0 Å². The second-order valence-electron chi connectivity index (χ2n) is 6.01. The molecule has 0 aliphatic rings. The lowest BCUT2D eigenvalue weighted by Crippen LogP contribution is -2.26. The molecule has 0 atom stereocenters. The molecule has 3 rings (SSSR count). The van der Waals surface area contributed by atoms with Gasteiger partial charge in [-0.25, -0.2) is 4.39 Å². The molecule has 1 heterocycles. The number of hydrogen-bond acceptors (Lipinski definition) is 3. The number of benzene rings is 2. The first-order valence-electron chi connectivity index (χ1n) is 8.30. The number of carbonyl (C=O) groups excluding carboxylic acids is 1. The standard InChI is InChI=1S/C20H21FN2O3/c1-12-15-11-14(21)5-6-16(15)23-19(12)20(24)22-9-8-13-4-7-17(25-2)18(10-13)26-3/h4-7,10-11,23H,8-9H2,1-3H3,(H,22,24). The molecular weight excluding hydrogens is 335 g/mol. The van der Waals surface area contributed by atoms with Crippen LogP contribution in [0.15, 0.2) is 36.4 Å². The summed E-state index contributed by atoms with van der Waals surface area (Å²) in [5, 5.41) is 3.61. The number of ether oxygens (including phenoxy) is 2. The SMILES string of the molecule is COc1ccc(CCNC(=O)c2[nH]c3ccc(F)cc3c2C)cc1OC. The first kappa shape index (κ1) is 17.8. The normalized spacial score (nSPS) is 10.8. The Morgan fingerprint density at radius 1 is 1.12 bits per heavy atom. The van der Waals surface area contributed by atoms with E-state index in [2.05, 4.69) is 10.3 Å². The second-order valence-corrected chi connectivity index (χ2v) is 6.01. The lowest BCUT2D eigenvalue weighted by molar-refractivity contribution is 0.0949. The maximum absolute atomic E-state index is 13.4. The van der Waals surface area contributed by atoms with Crippen LogP contribution in [-0.4, -0.2) is 31.7 Å². The number of amides is 1. The molecular formula is C20H21FN2O3. The Bertz CT molecular complexity index is 950. The molecule has 0 saturated carbocycles. The average Bonchev–Trinajstić information content (AvgIpc) is 2.97. The van der Waals surface area contributed by atoms with E-state index in [0.717, 1.165) is 22.0 Å². The Morgan fingerprint density at radius 3 is 2.62 bits per heavy atom. The third kappa shape index (κ3) is 3.49. The molecule has 26 heavy (non-hydrogen) atoms. The summed E-state index contributed by atoms with van der Waals surface area (Å²) in [4.78, 5) is 15.5. The maximum atomic E-state index is 13.4. The number of nitrogens with one attached hydrogen (secondary N) is 2. The summed E-state index contributed by atoms with van der Waals surface area (Å²) < 4.78 is 23.9. The van der Waals surface area contributed by atoms with E-state index < -0.39 is 0 Å². The van der Waals surface area contributed by atoms with Crippen LogP contribution >= 0.6 is 0 Å². The van der Waals surface area contributed by atoms with Gasteiger partial charge in [-0.15, -0.1) is 0 Å². The summed E-state index contributed by atoms with van der Waals surface area (Å²) in [7, 11) is 3.18. The van der Waals surface area contributed by atoms with Crippen molar-refractivity contribution in [1.29, 1.82) is 0 Å². The Morgan fingerprint density at radius 2 is 1.88 bits per heavy atom. The largest absolute Gasteiger partial charge is 0.493 e. The first-order valence-corrected chi connectivity index (χ1v) is 8.30. The third-order valence-corrected chi connectivity index (χ3v) is 4.39. The van der Waals surface area contributed by atoms with E-state index in [-0.39, 0.29) is 11.7 Å². The monoisotopic (exact) mass is 356 g/mol. The highest BCUT2D eigenvalue weighted by molar-refractivity contribution is 6.00. The predicted octanol–water partition coefficient (Wildman–Crippen LogP) is 3.61. The molecule has 1 aromatic heterocycles. The van der Waals surface area contributed by atoms with Gasteiger partial charge in [0.15, 0.2) is 11.5 Å². The fraction of sp³-hybridized carbons (Fsp3) is 0.250. The van der Waals surface area contributed by atoms with Crippen molar-refractivity contribution in [2.75, 3.05) is 20.8 Å². The van der Waals surface area contributed by atoms with Crippen molar-refractivity contribution in [3.8, 4) is 11.5 Å². The molecule has 136 valence electrons. The summed E-state index contributed by atoms with van der Waals surface area (Å²) in [6.45, 7) is 2.28. The molecule has 3 aromatic rings. The number of halogens is 1. The van der Waals surface area contributed by atoms with Crippen LogP contribution in [0.3, 0.4) is 0 Å². The van der Waals surface area contributed by atoms with Gasteiger partial charge < -0.3 is 19.8 Å². The van der Waals surface area contributed by atoms with E-state index >= 15 is 0 Å². The number of rotatable bonds is 6. The van der Waals surface area contributed by atoms with E-state index in [0.29, 0.717) is 30.2 Å². The minimum atomic E-state index is -0.319. The second kappa shape index (κ2) is 7.47. The molecule has 5 nitrogen and oxygen atoms in total. The van der Waals surface area contributed by atoms with Crippen LogP contribution in [0.4, 0.5) is 4.39 Å². The summed E-state index contributed by atoms with van der Waals surface area (Å²) in [6.07, 6.45) is 0.653. The predicted molar refractivity (Wildman–Crippen MR) is 98.6 cm³/mol. The van der Waals surface area contributed by atoms with Crippen molar-refractivity contribution in [3.05, 3.63) is 59.0 Å². The van der Waals surface area contributed by atoms with Gasteiger partial charge in [0.1, 0.15) is 11.5 Å². The fourth-order valence-corrected chi connectivity index (χ4v) is 2.97. The van der Waals surface area contributed by atoms with Gasteiger partial charge in [-0.1, -0.05) is 6.07 Å². The molecule has 2 N–H and O–H groups in total. The van der Waals surface area contributed by atoms with Gasteiger partial charge in [0, 0.05) is 17.4 Å². The Hall–Kier alpha value is -3.02. The Balaban J connectivity index is 1.67.